The largest absolute Gasteiger partial charge is 0.362 e. The minimum absolute atomic E-state index is 0.151. The summed E-state index contributed by atoms with van der Waals surface area (Å²) in [6.07, 6.45) is 17.3. The summed E-state index contributed by atoms with van der Waals surface area (Å²) in [5.74, 6) is 0. The van der Waals surface area contributed by atoms with E-state index >= 15 is 0 Å². The molecule has 0 spiro atoms. The first-order valence-corrected chi connectivity index (χ1v) is 17.8. The summed E-state index contributed by atoms with van der Waals surface area (Å²) in [5, 5.41) is 24.0. The van der Waals surface area contributed by atoms with Gasteiger partial charge in [-0.15, -0.1) is 0 Å². The maximum atomic E-state index is 12.0. The Kier molecular flexibility index (Phi) is 14.0. The van der Waals surface area contributed by atoms with Crippen molar-refractivity contribution in [3.63, 3.8) is 0 Å². The topological polar surface area (TPSA) is 105 Å². The minimum Gasteiger partial charge on any atom is -0.362 e. The van der Waals surface area contributed by atoms with Crippen LogP contribution in [0.4, 0.5) is 0 Å². The molecule has 0 saturated carbocycles. The molecule has 52 heavy (non-hydrogen) atoms. The molecule has 0 aliphatic heterocycles. The van der Waals surface area contributed by atoms with Crippen LogP contribution in [0, 0.1) is 20.2 Å². The molecule has 0 N–H and O–H groups in total. The van der Waals surface area contributed by atoms with Crippen LogP contribution in [0.25, 0.3) is 12.2 Å². The van der Waals surface area contributed by atoms with Gasteiger partial charge < -0.3 is 9.47 Å². The third-order valence-electron chi connectivity index (χ3n) is 9.60. The Morgan fingerprint density at radius 3 is 1.25 bits per heavy atom. The van der Waals surface area contributed by atoms with E-state index < -0.39 is 23.3 Å². The molecule has 8 heteroatoms. The normalized spacial score (nSPS) is 22.5. The summed E-state index contributed by atoms with van der Waals surface area (Å²) in [6, 6.07) is 39.2. The first kappa shape index (κ1) is 37.8. The zero-order valence-electron chi connectivity index (χ0n) is 29.3. The second-order valence-electron chi connectivity index (χ2n) is 13.1. The van der Waals surface area contributed by atoms with Gasteiger partial charge in [-0.3, -0.25) is 20.2 Å². The standard InChI is InChI=1S/2C22H23NO3/c2*24-23(25)22(17-9-14-19-10-3-1-4-11-19)16-8-7-15-21(22)26-18-20-12-5-2-6-13-20/h2*1-7,9-15,21H,8,16-18H2/b2*14-9+/t2*21-,22-/m00/s1. The summed E-state index contributed by atoms with van der Waals surface area (Å²) in [6.45, 7) is 0.738. The van der Waals surface area contributed by atoms with Crippen LogP contribution in [-0.2, 0) is 22.7 Å². The Morgan fingerprint density at radius 2 is 0.904 bits per heavy atom. The summed E-state index contributed by atoms with van der Waals surface area (Å²) in [4.78, 5) is 23.7. The van der Waals surface area contributed by atoms with Crippen molar-refractivity contribution in [3.05, 3.63) is 200 Å². The van der Waals surface area contributed by atoms with Crippen molar-refractivity contribution in [2.45, 2.75) is 75.0 Å². The van der Waals surface area contributed by atoms with E-state index in [1.54, 1.807) is 0 Å². The molecule has 0 amide bonds. The quantitative estimate of drug-likeness (QED) is 0.0738. The van der Waals surface area contributed by atoms with E-state index in [-0.39, 0.29) is 9.85 Å². The van der Waals surface area contributed by atoms with Crippen LogP contribution in [0.15, 0.2) is 158 Å². The van der Waals surface area contributed by atoms with Gasteiger partial charge in [0.05, 0.1) is 13.2 Å². The third kappa shape index (κ3) is 10.3. The molecule has 0 radical (unpaired) electrons. The molecule has 0 saturated heterocycles. The van der Waals surface area contributed by atoms with Gasteiger partial charge in [0.1, 0.15) is 12.2 Å². The monoisotopic (exact) mass is 698 g/mol. The zero-order valence-corrected chi connectivity index (χ0v) is 29.3. The van der Waals surface area contributed by atoms with Crippen LogP contribution >= 0.6 is 0 Å². The van der Waals surface area contributed by atoms with Crippen LogP contribution in [0.5, 0.6) is 0 Å². The number of allylic oxidation sites excluding steroid dienone is 2. The van der Waals surface area contributed by atoms with E-state index in [1.807, 2.05) is 170 Å². The predicted octanol–water partition coefficient (Wildman–Crippen LogP) is 10.1. The number of hydrogen-bond donors (Lipinski definition) is 0. The van der Waals surface area contributed by atoms with Gasteiger partial charge in [0.15, 0.2) is 0 Å². The lowest BCUT2D eigenvalue weighted by atomic mass is 9.80. The molecule has 8 nitrogen and oxygen atoms in total. The van der Waals surface area contributed by atoms with Crippen molar-refractivity contribution in [2.75, 3.05) is 0 Å². The molecular weight excluding hydrogens is 652 g/mol. The molecule has 4 atom stereocenters. The fraction of sp³-hybridized carbons (Fsp3) is 0.273. The molecule has 268 valence electrons. The van der Waals surface area contributed by atoms with Crippen molar-refractivity contribution in [3.8, 4) is 0 Å². The van der Waals surface area contributed by atoms with Gasteiger partial charge >= 0.3 is 0 Å². The first-order chi connectivity index (χ1) is 25.4. The van der Waals surface area contributed by atoms with Gasteiger partial charge in [0.2, 0.25) is 0 Å². The Morgan fingerprint density at radius 1 is 0.558 bits per heavy atom. The zero-order chi connectivity index (χ0) is 36.5. The average Bonchev–Trinajstić information content (AvgIpc) is 3.19. The number of nitro groups is 2. The molecule has 6 rings (SSSR count). The highest BCUT2D eigenvalue weighted by molar-refractivity contribution is 5.49. The Labute approximate surface area is 306 Å². The number of nitrogens with zero attached hydrogens (tertiary/aromatic N) is 2. The van der Waals surface area contributed by atoms with Gasteiger partial charge in [-0.05, 0) is 35.1 Å². The van der Waals surface area contributed by atoms with Crippen LogP contribution in [0.3, 0.4) is 0 Å². The average molecular weight is 699 g/mol. The molecule has 2 aliphatic carbocycles. The smallest absolute Gasteiger partial charge is 0.255 e. The minimum atomic E-state index is -1.12. The summed E-state index contributed by atoms with van der Waals surface area (Å²) in [5.41, 5.74) is 1.88. The van der Waals surface area contributed by atoms with Crippen molar-refractivity contribution >= 4 is 12.2 Å². The van der Waals surface area contributed by atoms with Gasteiger partial charge in [-0.1, -0.05) is 170 Å². The first-order valence-electron chi connectivity index (χ1n) is 17.8. The second-order valence-corrected chi connectivity index (χ2v) is 13.1. The molecule has 0 bridgehead atoms. The van der Waals surface area contributed by atoms with Crippen molar-refractivity contribution < 1.29 is 19.3 Å². The SMILES string of the molecule is O=[N+]([O-])[C@]1(C/C=C/c2ccccc2)CCC=C[C@@H]1OCc1ccccc1.O=[N+]([O-])[C@]1(C/C=C/c2ccccc2)CCC=C[C@@H]1OCc1ccccc1. The van der Waals surface area contributed by atoms with Crippen LogP contribution in [0.2, 0.25) is 0 Å². The summed E-state index contributed by atoms with van der Waals surface area (Å²) < 4.78 is 12.0. The lowest BCUT2D eigenvalue weighted by Gasteiger charge is -2.33. The summed E-state index contributed by atoms with van der Waals surface area (Å²) >= 11 is 0. The van der Waals surface area contributed by atoms with E-state index in [2.05, 4.69) is 0 Å². The highest BCUT2D eigenvalue weighted by Gasteiger charge is 2.51. The lowest BCUT2D eigenvalue weighted by molar-refractivity contribution is -0.582. The fourth-order valence-electron chi connectivity index (χ4n) is 6.59. The predicted molar refractivity (Wildman–Crippen MR) is 206 cm³/mol. The highest BCUT2D eigenvalue weighted by atomic mass is 16.6. The Hall–Kier alpha value is -5.44. The number of benzene rings is 4. The van der Waals surface area contributed by atoms with E-state index in [9.17, 15) is 20.2 Å². The number of ether oxygens (including phenoxy) is 2. The Bertz CT molecular complexity index is 1680. The van der Waals surface area contributed by atoms with Crippen molar-refractivity contribution in [1.29, 1.82) is 0 Å². The van der Waals surface area contributed by atoms with Gasteiger partial charge in [-0.2, -0.15) is 0 Å². The second kappa shape index (κ2) is 19.2. The molecular formula is C44H46N2O6. The van der Waals surface area contributed by atoms with E-state index in [0.717, 1.165) is 22.3 Å². The van der Waals surface area contributed by atoms with Crippen molar-refractivity contribution in [1.82, 2.24) is 0 Å². The summed E-state index contributed by atoms with van der Waals surface area (Å²) in [7, 11) is 0. The third-order valence-corrected chi connectivity index (χ3v) is 9.60. The molecule has 4 aromatic rings. The van der Waals surface area contributed by atoms with Crippen LogP contribution < -0.4 is 0 Å². The van der Waals surface area contributed by atoms with Gasteiger partial charge in [-0.25, -0.2) is 0 Å². The molecule has 0 aromatic heterocycles. The lowest BCUT2D eigenvalue weighted by Crippen LogP contribution is -2.50. The molecule has 0 heterocycles. The maximum absolute atomic E-state index is 12.0. The van der Waals surface area contributed by atoms with E-state index in [0.29, 0.717) is 51.7 Å². The maximum Gasteiger partial charge on any atom is 0.255 e. The van der Waals surface area contributed by atoms with Gasteiger partial charge in [0.25, 0.3) is 11.1 Å². The van der Waals surface area contributed by atoms with Crippen molar-refractivity contribution in [2.24, 2.45) is 0 Å². The molecule has 4 aromatic carbocycles. The number of rotatable bonds is 14. The Balaban J connectivity index is 0.000000201. The van der Waals surface area contributed by atoms with Crippen LogP contribution in [0.1, 0.15) is 60.8 Å². The number of hydrogen-bond acceptors (Lipinski definition) is 6. The van der Waals surface area contributed by atoms with E-state index in [1.165, 1.54) is 0 Å². The van der Waals surface area contributed by atoms with Crippen LogP contribution in [-0.4, -0.2) is 33.1 Å². The van der Waals surface area contributed by atoms with Gasteiger partial charge in [0, 0.05) is 35.5 Å². The molecule has 0 unspecified atom stereocenters. The van der Waals surface area contributed by atoms with E-state index in [4.69, 9.17) is 9.47 Å². The molecule has 2 aliphatic rings. The fourth-order valence-corrected chi connectivity index (χ4v) is 6.59. The highest BCUT2D eigenvalue weighted by Crippen LogP contribution is 2.35. The molecule has 0 fully saturated rings.